The first kappa shape index (κ1) is 21.5. The molecule has 2 aromatic carbocycles. The Balaban J connectivity index is 1.64. The number of amides is 1. The van der Waals surface area contributed by atoms with E-state index in [1.165, 1.54) is 22.8 Å². The van der Waals surface area contributed by atoms with Crippen LogP contribution in [0.4, 0.5) is 11.4 Å². The van der Waals surface area contributed by atoms with Crippen LogP contribution in [0.5, 0.6) is 0 Å². The van der Waals surface area contributed by atoms with Crippen molar-refractivity contribution in [2.75, 3.05) is 11.1 Å². The molecule has 4 aromatic rings. The first-order valence-electron chi connectivity index (χ1n) is 9.25. The number of thioether (sulfide) groups is 1. The highest BCUT2D eigenvalue weighted by Crippen LogP contribution is 2.27. The molecule has 0 aliphatic heterocycles. The number of para-hydroxylation sites is 1. The van der Waals surface area contributed by atoms with Crippen molar-refractivity contribution < 1.29 is 9.72 Å². The first-order chi connectivity index (χ1) is 15.4. The summed E-state index contributed by atoms with van der Waals surface area (Å²) in [5, 5.41) is 22.9. The lowest BCUT2D eigenvalue weighted by atomic mass is 10.2. The highest BCUT2D eigenvalue weighted by molar-refractivity contribution is 7.99. The van der Waals surface area contributed by atoms with Crippen molar-refractivity contribution in [3.63, 3.8) is 0 Å². The molecule has 12 heteroatoms. The standard InChI is InChI=1S/C20H15ClN6O4S/c1-2-9-25-18(29)13-5-3-4-6-16(13)26-19(25)23-24-20(26)32-11-17(28)22-15-10-12(27(30)31)7-8-14(15)21/h2-8,10H,1,9,11H2,(H,22,28). The topological polar surface area (TPSA) is 124 Å². The van der Waals surface area contributed by atoms with Gasteiger partial charge in [0.15, 0.2) is 5.16 Å². The highest BCUT2D eigenvalue weighted by atomic mass is 35.5. The number of nitro groups is 1. The molecule has 0 radical (unpaired) electrons. The Morgan fingerprint density at radius 1 is 1.28 bits per heavy atom. The van der Waals surface area contributed by atoms with E-state index in [-0.39, 0.29) is 34.3 Å². The quantitative estimate of drug-likeness (QED) is 0.189. The summed E-state index contributed by atoms with van der Waals surface area (Å²) in [6, 6.07) is 10.8. The molecular weight excluding hydrogens is 456 g/mol. The van der Waals surface area contributed by atoms with Crippen molar-refractivity contribution in [1.29, 1.82) is 0 Å². The van der Waals surface area contributed by atoms with Crippen LogP contribution in [0.2, 0.25) is 5.02 Å². The second-order valence-corrected chi connectivity index (χ2v) is 7.95. The number of fused-ring (bicyclic) bond motifs is 3. The van der Waals surface area contributed by atoms with E-state index >= 15 is 0 Å². The number of carbonyl (C=O) groups excluding carboxylic acids is 1. The molecule has 0 bridgehead atoms. The monoisotopic (exact) mass is 470 g/mol. The molecule has 10 nitrogen and oxygen atoms in total. The number of carbonyl (C=O) groups is 1. The molecule has 1 amide bonds. The maximum Gasteiger partial charge on any atom is 0.271 e. The van der Waals surface area contributed by atoms with E-state index in [0.717, 1.165) is 11.8 Å². The first-order valence-corrected chi connectivity index (χ1v) is 10.6. The van der Waals surface area contributed by atoms with Crippen molar-refractivity contribution >= 4 is 57.3 Å². The Hall–Kier alpha value is -3.70. The number of hydrogen-bond acceptors (Lipinski definition) is 7. The van der Waals surface area contributed by atoms with Gasteiger partial charge in [0.25, 0.3) is 11.2 Å². The van der Waals surface area contributed by atoms with Gasteiger partial charge in [0.05, 0.1) is 32.3 Å². The number of hydrogen-bond donors (Lipinski definition) is 1. The Morgan fingerprint density at radius 2 is 2.06 bits per heavy atom. The molecule has 0 aliphatic carbocycles. The number of anilines is 1. The third-order valence-corrected chi connectivity index (χ3v) is 5.82. The molecule has 4 rings (SSSR count). The molecule has 0 unspecified atom stereocenters. The van der Waals surface area contributed by atoms with E-state index in [1.54, 1.807) is 34.7 Å². The number of nitrogens with one attached hydrogen (secondary N) is 1. The number of rotatable bonds is 7. The third-order valence-electron chi connectivity index (χ3n) is 4.56. The summed E-state index contributed by atoms with van der Waals surface area (Å²) in [6.07, 6.45) is 1.59. The van der Waals surface area contributed by atoms with Crippen LogP contribution in [-0.2, 0) is 11.3 Å². The zero-order chi connectivity index (χ0) is 22.8. The molecule has 0 atom stereocenters. The van der Waals surface area contributed by atoms with E-state index in [1.807, 2.05) is 0 Å². The van der Waals surface area contributed by atoms with Crippen LogP contribution in [0.15, 0.2) is 65.1 Å². The van der Waals surface area contributed by atoms with Crippen LogP contribution < -0.4 is 10.9 Å². The van der Waals surface area contributed by atoms with Crippen LogP contribution in [0, 0.1) is 10.1 Å². The maximum absolute atomic E-state index is 12.8. The summed E-state index contributed by atoms with van der Waals surface area (Å²) in [4.78, 5) is 35.7. The fraction of sp³-hybridized carbons (Fsp3) is 0.100. The van der Waals surface area contributed by atoms with Gasteiger partial charge in [-0.2, -0.15) is 0 Å². The van der Waals surface area contributed by atoms with Gasteiger partial charge in [0.2, 0.25) is 11.7 Å². The predicted octanol–water partition coefficient (Wildman–Crippen LogP) is 3.52. The summed E-state index contributed by atoms with van der Waals surface area (Å²) in [6.45, 7) is 3.94. The fourth-order valence-electron chi connectivity index (χ4n) is 3.16. The zero-order valence-electron chi connectivity index (χ0n) is 16.4. The molecule has 2 heterocycles. The Bertz CT molecular complexity index is 1450. The van der Waals surface area contributed by atoms with Crippen LogP contribution in [0.3, 0.4) is 0 Å². The van der Waals surface area contributed by atoms with Gasteiger partial charge < -0.3 is 5.32 Å². The summed E-state index contributed by atoms with van der Waals surface area (Å²) >= 11 is 7.15. The van der Waals surface area contributed by atoms with Crippen molar-refractivity contribution in [3.8, 4) is 0 Å². The Kier molecular flexibility index (Phi) is 5.93. The normalized spacial score (nSPS) is 11.0. The molecule has 1 N–H and O–H groups in total. The molecule has 0 saturated carbocycles. The van der Waals surface area contributed by atoms with Crippen molar-refractivity contribution in [2.45, 2.75) is 11.7 Å². The van der Waals surface area contributed by atoms with E-state index in [4.69, 9.17) is 11.6 Å². The van der Waals surface area contributed by atoms with Gasteiger partial charge in [-0.05, 0) is 18.2 Å². The summed E-state index contributed by atoms with van der Waals surface area (Å²) in [7, 11) is 0. The lowest BCUT2D eigenvalue weighted by Crippen LogP contribution is -2.22. The van der Waals surface area contributed by atoms with Crippen LogP contribution in [0.1, 0.15) is 0 Å². The molecule has 32 heavy (non-hydrogen) atoms. The van der Waals surface area contributed by atoms with Crippen molar-refractivity contribution in [3.05, 3.63) is 80.6 Å². The molecule has 2 aromatic heterocycles. The lowest BCUT2D eigenvalue weighted by Gasteiger charge is -2.10. The maximum atomic E-state index is 12.8. The van der Waals surface area contributed by atoms with Gasteiger partial charge in [-0.3, -0.25) is 28.7 Å². The minimum absolute atomic E-state index is 0.0608. The summed E-state index contributed by atoms with van der Waals surface area (Å²) < 4.78 is 3.16. The molecule has 0 aliphatic rings. The van der Waals surface area contributed by atoms with Crippen molar-refractivity contribution in [2.24, 2.45) is 0 Å². The van der Waals surface area contributed by atoms with Crippen LogP contribution in [-0.4, -0.2) is 35.7 Å². The average molecular weight is 471 g/mol. The lowest BCUT2D eigenvalue weighted by molar-refractivity contribution is -0.384. The Labute approximate surface area is 189 Å². The predicted molar refractivity (Wildman–Crippen MR) is 122 cm³/mol. The van der Waals surface area contributed by atoms with Gasteiger partial charge in [0, 0.05) is 18.7 Å². The van der Waals surface area contributed by atoms with Gasteiger partial charge in [-0.15, -0.1) is 16.8 Å². The Morgan fingerprint density at radius 3 is 2.81 bits per heavy atom. The highest BCUT2D eigenvalue weighted by Gasteiger charge is 2.18. The second-order valence-electron chi connectivity index (χ2n) is 6.60. The number of nitro benzene ring substituents is 1. The molecular formula is C20H15ClN6O4S. The van der Waals surface area contributed by atoms with E-state index in [0.29, 0.717) is 21.8 Å². The number of aromatic nitrogens is 4. The largest absolute Gasteiger partial charge is 0.324 e. The summed E-state index contributed by atoms with van der Waals surface area (Å²) in [5.41, 5.74) is 0.354. The van der Waals surface area contributed by atoms with E-state index < -0.39 is 10.8 Å². The second kappa shape index (κ2) is 8.81. The number of halogens is 1. The minimum atomic E-state index is -0.572. The van der Waals surface area contributed by atoms with Gasteiger partial charge >= 0.3 is 0 Å². The average Bonchev–Trinajstić information content (AvgIpc) is 3.20. The molecule has 0 fully saturated rings. The number of nitrogens with zero attached hydrogens (tertiary/aromatic N) is 5. The van der Waals surface area contributed by atoms with Crippen LogP contribution >= 0.6 is 23.4 Å². The number of non-ortho nitro benzene ring substituents is 1. The number of benzene rings is 2. The number of allylic oxidation sites excluding steroid dienone is 1. The van der Waals surface area contributed by atoms with Gasteiger partial charge in [-0.1, -0.05) is 41.6 Å². The SMILES string of the molecule is C=CCn1c(=O)c2ccccc2n2c(SCC(=O)Nc3cc([N+](=O)[O-])ccc3Cl)nnc12. The molecule has 0 saturated heterocycles. The fourth-order valence-corrected chi connectivity index (χ4v) is 4.06. The smallest absolute Gasteiger partial charge is 0.271 e. The van der Waals surface area contributed by atoms with E-state index in [9.17, 15) is 19.7 Å². The van der Waals surface area contributed by atoms with Crippen molar-refractivity contribution in [1.82, 2.24) is 19.2 Å². The van der Waals surface area contributed by atoms with Gasteiger partial charge in [0.1, 0.15) is 0 Å². The third kappa shape index (κ3) is 3.95. The van der Waals surface area contributed by atoms with Crippen LogP contribution in [0.25, 0.3) is 16.7 Å². The molecule has 0 spiro atoms. The minimum Gasteiger partial charge on any atom is -0.324 e. The van der Waals surface area contributed by atoms with E-state index in [2.05, 4.69) is 22.1 Å². The zero-order valence-corrected chi connectivity index (χ0v) is 18.0. The summed E-state index contributed by atoms with van der Waals surface area (Å²) in [5.74, 6) is -0.162. The van der Waals surface area contributed by atoms with Gasteiger partial charge in [-0.25, -0.2) is 0 Å². The molecule has 162 valence electrons.